The molecule has 1 rings (SSSR count). The van der Waals surface area contributed by atoms with Crippen LogP contribution < -0.4 is 5.73 Å². The van der Waals surface area contributed by atoms with Gasteiger partial charge in [0.2, 0.25) is 10.0 Å². The van der Waals surface area contributed by atoms with E-state index in [4.69, 9.17) is 5.73 Å². The van der Waals surface area contributed by atoms with E-state index in [2.05, 4.69) is 13.8 Å². The van der Waals surface area contributed by atoms with Gasteiger partial charge in [0.15, 0.2) is 0 Å². The second-order valence-corrected chi connectivity index (χ2v) is 8.30. The van der Waals surface area contributed by atoms with Crippen LogP contribution in [0.4, 0.5) is 0 Å². The molecule has 0 saturated heterocycles. The zero-order chi connectivity index (χ0) is 16.2. The van der Waals surface area contributed by atoms with E-state index >= 15 is 0 Å². The standard InChI is InChI=1S/C16H28N2O2S.ClH/c1-12(2)14-7-6-8-15(11-14)21(19,20)18(5)10-9-16(17)13(3)4;/h6-8,11-13,16H,9-10,17H2,1-5H3;1H. The molecule has 1 unspecified atom stereocenters. The van der Waals surface area contributed by atoms with Crippen LogP contribution in [0.15, 0.2) is 29.2 Å². The molecule has 0 spiro atoms. The molecule has 0 aromatic heterocycles. The van der Waals surface area contributed by atoms with Crippen molar-refractivity contribution in [1.82, 2.24) is 4.31 Å². The van der Waals surface area contributed by atoms with E-state index in [1.807, 2.05) is 19.9 Å². The highest BCUT2D eigenvalue weighted by molar-refractivity contribution is 7.89. The third kappa shape index (κ3) is 5.54. The lowest BCUT2D eigenvalue weighted by Gasteiger charge is -2.21. The third-order valence-corrected chi connectivity index (χ3v) is 5.72. The van der Waals surface area contributed by atoms with Crippen molar-refractivity contribution in [2.45, 2.75) is 51.0 Å². The highest BCUT2D eigenvalue weighted by atomic mass is 35.5. The summed E-state index contributed by atoms with van der Waals surface area (Å²) in [7, 11) is -1.82. The van der Waals surface area contributed by atoms with Gasteiger partial charge in [0.1, 0.15) is 0 Å². The molecule has 0 aliphatic heterocycles. The summed E-state index contributed by atoms with van der Waals surface area (Å²) in [5.41, 5.74) is 7.02. The van der Waals surface area contributed by atoms with Gasteiger partial charge in [-0.05, 0) is 36.0 Å². The molecule has 0 fully saturated rings. The van der Waals surface area contributed by atoms with Gasteiger partial charge in [-0.1, -0.05) is 39.8 Å². The molecule has 6 heteroatoms. The Kier molecular flexibility index (Phi) is 8.62. The van der Waals surface area contributed by atoms with Gasteiger partial charge in [0.25, 0.3) is 0 Å². The molecule has 0 radical (unpaired) electrons. The second kappa shape index (κ2) is 8.87. The maximum Gasteiger partial charge on any atom is 0.242 e. The highest BCUT2D eigenvalue weighted by Crippen LogP contribution is 2.21. The van der Waals surface area contributed by atoms with E-state index in [1.54, 1.807) is 25.2 Å². The van der Waals surface area contributed by atoms with Crippen LogP contribution in [0.25, 0.3) is 0 Å². The summed E-state index contributed by atoms with van der Waals surface area (Å²) in [6.45, 7) is 8.64. The Bertz CT molecular complexity index is 559. The van der Waals surface area contributed by atoms with Crippen LogP contribution in [-0.4, -0.2) is 32.4 Å². The Morgan fingerprint density at radius 1 is 1.18 bits per heavy atom. The summed E-state index contributed by atoms with van der Waals surface area (Å²) in [5.74, 6) is 0.658. The number of hydrogen-bond acceptors (Lipinski definition) is 3. The molecule has 2 N–H and O–H groups in total. The molecule has 0 saturated carbocycles. The number of rotatable bonds is 7. The smallest absolute Gasteiger partial charge is 0.242 e. The molecule has 0 amide bonds. The fraction of sp³-hybridized carbons (Fsp3) is 0.625. The largest absolute Gasteiger partial charge is 0.327 e. The van der Waals surface area contributed by atoms with Crippen LogP contribution in [0.5, 0.6) is 0 Å². The lowest BCUT2D eigenvalue weighted by atomic mass is 10.0. The monoisotopic (exact) mass is 348 g/mol. The molecule has 0 heterocycles. The molecule has 4 nitrogen and oxygen atoms in total. The van der Waals surface area contributed by atoms with E-state index in [-0.39, 0.29) is 18.4 Å². The first-order chi connectivity index (χ1) is 9.66. The van der Waals surface area contributed by atoms with Crippen LogP contribution >= 0.6 is 12.4 Å². The molecule has 1 aromatic rings. The Balaban J connectivity index is 0.00000441. The molecule has 128 valence electrons. The maximum atomic E-state index is 12.6. The van der Waals surface area contributed by atoms with Gasteiger partial charge in [0.05, 0.1) is 4.90 Å². The van der Waals surface area contributed by atoms with Crippen molar-refractivity contribution in [2.75, 3.05) is 13.6 Å². The van der Waals surface area contributed by atoms with Gasteiger partial charge < -0.3 is 5.73 Å². The highest BCUT2D eigenvalue weighted by Gasteiger charge is 2.22. The topological polar surface area (TPSA) is 63.4 Å². The first-order valence-corrected chi connectivity index (χ1v) is 8.92. The fourth-order valence-electron chi connectivity index (χ4n) is 2.00. The number of halogens is 1. The molecule has 22 heavy (non-hydrogen) atoms. The van der Waals surface area contributed by atoms with Crippen molar-refractivity contribution in [1.29, 1.82) is 0 Å². The minimum absolute atomic E-state index is 0. The average molecular weight is 349 g/mol. The van der Waals surface area contributed by atoms with Crippen LogP contribution in [0.2, 0.25) is 0 Å². The Labute approximate surface area is 141 Å². The first kappa shape index (κ1) is 21.4. The number of benzene rings is 1. The molecule has 0 aliphatic rings. The minimum Gasteiger partial charge on any atom is -0.327 e. The Morgan fingerprint density at radius 3 is 2.27 bits per heavy atom. The van der Waals surface area contributed by atoms with E-state index in [0.29, 0.717) is 29.7 Å². The van der Waals surface area contributed by atoms with Gasteiger partial charge in [-0.15, -0.1) is 12.4 Å². The van der Waals surface area contributed by atoms with E-state index < -0.39 is 10.0 Å². The van der Waals surface area contributed by atoms with Gasteiger partial charge in [0, 0.05) is 19.6 Å². The van der Waals surface area contributed by atoms with Crippen molar-refractivity contribution >= 4 is 22.4 Å². The molecule has 1 atom stereocenters. The number of nitrogens with zero attached hydrogens (tertiary/aromatic N) is 1. The van der Waals surface area contributed by atoms with Crippen LogP contribution in [0.1, 0.15) is 45.6 Å². The summed E-state index contributed by atoms with van der Waals surface area (Å²) in [4.78, 5) is 0.356. The van der Waals surface area contributed by atoms with Gasteiger partial charge in [-0.25, -0.2) is 12.7 Å². The van der Waals surface area contributed by atoms with Crippen molar-refractivity contribution in [2.24, 2.45) is 11.7 Å². The fourth-order valence-corrected chi connectivity index (χ4v) is 3.24. The molecule has 0 aliphatic carbocycles. The van der Waals surface area contributed by atoms with Gasteiger partial charge in [-0.3, -0.25) is 0 Å². The summed E-state index contributed by atoms with van der Waals surface area (Å²) in [6, 6.07) is 7.19. The van der Waals surface area contributed by atoms with Crippen LogP contribution in [0, 0.1) is 5.92 Å². The van der Waals surface area contributed by atoms with Gasteiger partial charge >= 0.3 is 0 Å². The summed E-state index contributed by atoms with van der Waals surface area (Å²) in [6.07, 6.45) is 0.664. The van der Waals surface area contributed by atoms with Crippen LogP contribution in [0.3, 0.4) is 0 Å². The molecular formula is C16H29ClN2O2S. The van der Waals surface area contributed by atoms with Crippen molar-refractivity contribution in [3.63, 3.8) is 0 Å². The number of nitrogens with two attached hydrogens (primary N) is 1. The van der Waals surface area contributed by atoms with Crippen molar-refractivity contribution in [3.8, 4) is 0 Å². The molecule has 0 bridgehead atoms. The normalized spacial score (nSPS) is 13.5. The molecule has 1 aromatic carbocycles. The lowest BCUT2D eigenvalue weighted by molar-refractivity contribution is 0.397. The first-order valence-electron chi connectivity index (χ1n) is 7.48. The van der Waals surface area contributed by atoms with E-state index in [9.17, 15) is 8.42 Å². The minimum atomic E-state index is -3.44. The second-order valence-electron chi connectivity index (χ2n) is 6.25. The molecular weight excluding hydrogens is 320 g/mol. The van der Waals surface area contributed by atoms with E-state index in [1.165, 1.54) is 4.31 Å². The number of hydrogen-bond donors (Lipinski definition) is 1. The Hall–Kier alpha value is -0.620. The predicted molar refractivity (Wildman–Crippen MR) is 95.0 cm³/mol. The lowest BCUT2D eigenvalue weighted by Crippen LogP contribution is -2.34. The Morgan fingerprint density at radius 2 is 1.77 bits per heavy atom. The average Bonchev–Trinajstić information content (AvgIpc) is 2.44. The summed E-state index contributed by atoms with van der Waals surface area (Å²) in [5, 5.41) is 0. The predicted octanol–water partition coefficient (Wildman–Crippen LogP) is 3.23. The zero-order valence-electron chi connectivity index (χ0n) is 14.1. The SMILES string of the molecule is CC(C)c1cccc(S(=O)(=O)N(C)CCC(N)C(C)C)c1.Cl. The third-order valence-electron chi connectivity index (χ3n) is 3.87. The van der Waals surface area contributed by atoms with Crippen molar-refractivity contribution in [3.05, 3.63) is 29.8 Å². The zero-order valence-corrected chi connectivity index (χ0v) is 15.7. The van der Waals surface area contributed by atoms with Gasteiger partial charge in [-0.2, -0.15) is 0 Å². The quantitative estimate of drug-likeness (QED) is 0.822. The summed E-state index contributed by atoms with van der Waals surface area (Å²) >= 11 is 0. The van der Waals surface area contributed by atoms with Crippen molar-refractivity contribution < 1.29 is 8.42 Å². The number of sulfonamides is 1. The summed E-state index contributed by atoms with van der Waals surface area (Å²) < 4.78 is 26.5. The maximum absolute atomic E-state index is 12.6. The van der Waals surface area contributed by atoms with Crippen LogP contribution in [-0.2, 0) is 10.0 Å². The van der Waals surface area contributed by atoms with E-state index in [0.717, 1.165) is 5.56 Å².